The summed E-state index contributed by atoms with van der Waals surface area (Å²) in [5, 5.41) is 0.966. The first-order chi connectivity index (χ1) is 7.70. The monoisotopic (exact) mass is 252 g/mol. The third kappa shape index (κ3) is 2.43. The standard InChI is InChI=1S/C12H13ClN2S/c1-8-2-4-9(5-3-8)12-15-10(6-7-14)11(13)16-12/h2-5H,6-7,14H2,1H3. The summed E-state index contributed by atoms with van der Waals surface area (Å²) in [5.74, 6) is 0. The maximum Gasteiger partial charge on any atom is 0.125 e. The van der Waals surface area contributed by atoms with Gasteiger partial charge in [-0.2, -0.15) is 0 Å². The zero-order valence-corrected chi connectivity index (χ0v) is 10.6. The minimum Gasteiger partial charge on any atom is -0.330 e. The molecule has 0 spiro atoms. The number of aromatic nitrogens is 1. The first kappa shape index (κ1) is 11.6. The third-order valence-electron chi connectivity index (χ3n) is 2.33. The molecule has 0 unspecified atom stereocenters. The SMILES string of the molecule is Cc1ccc(-c2nc(CCN)c(Cl)s2)cc1. The van der Waals surface area contributed by atoms with Gasteiger partial charge in [0.05, 0.1) is 5.69 Å². The van der Waals surface area contributed by atoms with E-state index in [1.807, 2.05) is 0 Å². The van der Waals surface area contributed by atoms with Gasteiger partial charge in [0.15, 0.2) is 0 Å². The molecule has 0 atom stereocenters. The van der Waals surface area contributed by atoms with E-state index in [-0.39, 0.29) is 0 Å². The van der Waals surface area contributed by atoms with Crippen LogP contribution in [-0.2, 0) is 6.42 Å². The van der Waals surface area contributed by atoms with E-state index < -0.39 is 0 Å². The molecule has 0 bridgehead atoms. The normalized spacial score (nSPS) is 10.7. The molecule has 2 aromatic rings. The Balaban J connectivity index is 2.33. The Morgan fingerprint density at radius 1 is 1.31 bits per heavy atom. The predicted octanol–water partition coefficient (Wildman–Crippen LogP) is 3.27. The molecule has 0 aliphatic rings. The van der Waals surface area contributed by atoms with Crippen molar-refractivity contribution in [3.8, 4) is 10.6 Å². The molecule has 1 aromatic heterocycles. The summed E-state index contributed by atoms with van der Waals surface area (Å²) in [6.07, 6.45) is 0.737. The highest BCUT2D eigenvalue weighted by molar-refractivity contribution is 7.19. The van der Waals surface area contributed by atoms with Gasteiger partial charge in [-0.05, 0) is 13.5 Å². The van der Waals surface area contributed by atoms with Crippen LogP contribution in [0.25, 0.3) is 10.6 Å². The van der Waals surface area contributed by atoms with Gasteiger partial charge in [-0.15, -0.1) is 11.3 Å². The van der Waals surface area contributed by atoms with Crippen LogP contribution in [-0.4, -0.2) is 11.5 Å². The Labute approximate surface area is 104 Å². The zero-order chi connectivity index (χ0) is 11.5. The number of thiazole rings is 1. The van der Waals surface area contributed by atoms with Gasteiger partial charge < -0.3 is 5.73 Å². The molecule has 0 amide bonds. The summed E-state index contributed by atoms with van der Waals surface area (Å²) in [5.41, 5.74) is 8.77. The summed E-state index contributed by atoms with van der Waals surface area (Å²) in [4.78, 5) is 4.51. The lowest BCUT2D eigenvalue weighted by molar-refractivity contribution is 0.936. The minimum atomic E-state index is 0.580. The number of hydrogen-bond acceptors (Lipinski definition) is 3. The molecule has 2 nitrogen and oxygen atoms in total. The van der Waals surface area contributed by atoms with E-state index in [9.17, 15) is 0 Å². The summed E-state index contributed by atoms with van der Waals surface area (Å²) in [7, 11) is 0. The fourth-order valence-electron chi connectivity index (χ4n) is 1.44. The lowest BCUT2D eigenvalue weighted by Gasteiger charge is -1.96. The van der Waals surface area contributed by atoms with Crippen LogP contribution in [0.2, 0.25) is 4.34 Å². The second-order valence-corrected chi connectivity index (χ2v) is 5.25. The van der Waals surface area contributed by atoms with E-state index >= 15 is 0 Å². The molecule has 0 aliphatic heterocycles. The van der Waals surface area contributed by atoms with Crippen LogP contribution in [0.3, 0.4) is 0 Å². The number of aryl methyl sites for hydroxylation is 1. The first-order valence-electron chi connectivity index (χ1n) is 5.13. The highest BCUT2D eigenvalue weighted by Crippen LogP contribution is 2.31. The third-order valence-corrected chi connectivity index (χ3v) is 3.71. The fourth-order valence-corrected chi connectivity index (χ4v) is 2.64. The van der Waals surface area contributed by atoms with Gasteiger partial charge in [-0.1, -0.05) is 41.4 Å². The molecule has 2 N–H and O–H groups in total. The number of rotatable bonds is 3. The molecule has 0 saturated carbocycles. The molecule has 0 aliphatic carbocycles. The van der Waals surface area contributed by atoms with Crippen molar-refractivity contribution < 1.29 is 0 Å². The molecule has 1 aromatic carbocycles. The van der Waals surface area contributed by atoms with Crippen molar-refractivity contribution in [2.75, 3.05) is 6.54 Å². The summed E-state index contributed by atoms with van der Waals surface area (Å²) < 4.78 is 0.751. The van der Waals surface area contributed by atoms with Gasteiger partial charge in [0.25, 0.3) is 0 Å². The second-order valence-electron chi connectivity index (χ2n) is 3.64. The topological polar surface area (TPSA) is 38.9 Å². The van der Waals surface area contributed by atoms with Crippen molar-refractivity contribution >= 4 is 22.9 Å². The number of halogens is 1. The van der Waals surface area contributed by atoms with Crippen molar-refractivity contribution in [3.63, 3.8) is 0 Å². The van der Waals surface area contributed by atoms with Crippen molar-refractivity contribution in [1.29, 1.82) is 0 Å². The van der Waals surface area contributed by atoms with Gasteiger partial charge in [0.1, 0.15) is 9.34 Å². The zero-order valence-electron chi connectivity index (χ0n) is 9.03. The Kier molecular flexibility index (Phi) is 3.59. The van der Waals surface area contributed by atoms with Gasteiger partial charge in [0.2, 0.25) is 0 Å². The van der Waals surface area contributed by atoms with Gasteiger partial charge in [-0.3, -0.25) is 0 Å². The van der Waals surface area contributed by atoms with Crippen molar-refractivity contribution in [2.24, 2.45) is 5.73 Å². The Morgan fingerprint density at radius 3 is 2.62 bits per heavy atom. The highest BCUT2D eigenvalue weighted by atomic mass is 35.5. The molecule has 0 fully saturated rings. The van der Waals surface area contributed by atoms with Crippen LogP contribution in [0.5, 0.6) is 0 Å². The molecular formula is C12H13ClN2S. The maximum absolute atomic E-state index is 6.11. The number of nitrogens with zero attached hydrogens (tertiary/aromatic N) is 1. The largest absolute Gasteiger partial charge is 0.330 e. The van der Waals surface area contributed by atoms with Crippen LogP contribution >= 0.6 is 22.9 Å². The molecule has 16 heavy (non-hydrogen) atoms. The molecule has 1 heterocycles. The van der Waals surface area contributed by atoms with Crippen molar-refractivity contribution in [2.45, 2.75) is 13.3 Å². The van der Waals surface area contributed by atoms with E-state index in [1.165, 1.54) is 16.9 Å². The average molecular weight is 253 g/mol. The predicted molar refractivity (Wildman–Crippen MR) is 70.1 cm³/mol. The van der Waals surface area contributed by atoms with Gasteiger partial charge in [0, 0.05) is 12.0 Å². The summed E-state index contributed by atoms with van der Waals surface area (Å²) in [6, 6.07) is 8.29. The van der Waals surface area contributed by atoms with Crippen molar-refractivity contribution in [1.82, 2.24) is 4.98 Å². The van der Waals surface area contributed by atoms with Crippen LogP contribution in [0, 0.1) is 6.92 Å². The van der Waals surface area contributed by atoms with E-state index in [0.717, 1.165) is 27.0 Å². The summed E-state index contributed by atoms with van der Waals surface area (Å²) >= 11 is 7.62. The van der Waals surface area contributed by atoms with Crippen LogP contribution in [0.1, 0.15) is 11.3 Å². The molecule has 4 heteroatoms. The second kappa shape index (κ2) is 4.95. The molecule has 2 rings (SSSR count). The van der Waals surface area contributed by atoms with E-state index in [0.29, 0.717) is 6.54 Å². The Hall–Kier alpha value is -0.900. The summed E-state index contributed by atoms with van der Waals surface area (Å²) in [6.45, 7) is 2.65. The molecule has 84 valence electrons. The smallest absolute Gasteiger partial charge is 0.125 e. The lowest BCUT2D eigenvalue weighted by atomic mass is 10.2. The quantitative estimate of drug-likeness (QED) is 0.911. The number of hydrogen-bond donors (Lipinski definition) is 1. The highest BCUT2D eigenvalue weighted by Gasteiger charge is 2.09. The Morgan fingerprint density at radius 2 is 2.00 bits per heavy atom. The van der Waals surface area contributed by atoms with Gasteiger partial charge in [-0.25, -0.2) is 4.98 Å². The lowest BCUT2D eigenvalue weighted by Crippen LogP contribution is -2.03. The van der Waals surface area contributed by atoms with E-state index in [4.69, 9.17) is 17.3 Å². The first-order valence-corrected chi connectivity index (χ1v) is 6.32. The molecular weight excluding hydrogens is 240 g/mol. The van der Waals surface area contributed by atoms with Crippen molar-refractivity contribution in [3.05, 3.63) is 39.9 Å². The maximum atomic E-state index is 6.11. The van der Waals surface area contributed by atoms with Crippen LogP contribution in [0.15, 0.2) is 24.3 Å². The number of benzene rings is 1. The minimum absolute atomic E-state index is 0.580. The Bertz CT molecular complexity index is 476. The van der Waals surface area contributed by atoms with Crippen LogP contribution in [0.4, 0.5) is 0 Å². The van der Waals surface area contributed by atoms with Crippen LogP contribution < -0.4 is 5.73 Å². The average Bonchev–Trinajstić information content (AvgIpc) is 2.62. The molecule has 0 saturated heterocycles. The fraction of sp³-hybridized carbons (Fsp3) is 0.250. The molecule has 0 radical (unpaired) electrons. The van der Waals surface area contributed by atoms with E-state index in [1.54, 1.807) is 0 Å². The number of nitrogens with two attached hydrogens (primary N) is 1. The van der Waals surface area contributed by atoms with Gasteiger partial charge >= 0.3 is 0 Å². The van der Waals surface area contributed by atoms with E-state index in [2.05, 4.69) is 36.2 Å².